The Morgan fingerprint density at radius 3 is 2.84 bits per heavy atom. The molecule has 2 heterocycles. The number of nitrogens with one attached hydrogen (secondary N) is 1. The SMILES string of the molecule is CCc1nn(CC)c(CN[C@H](C)c2ccco2)c1Cl. The first-order valence-corrected chi connectivity index (χ1v) is 7.06. The average Bonchev–Trinajstić information content (AvgIpc) is 3.04. The number of aryl methyl sites for hydroxylation is 2. The second-order valence-corrected chi connectivity index (χ2v) is 4.87. The lowest BCUT2D eigenvalue weighted by molar-refractivity contribution is 0.424. The van der Waals surface area contributed by atoms with Crippen LogP contribution >= 0.6 is 11.6 Å². The molecular formula is C14H20ClN3O. The molecule has 0 unspecified atom stereocenters. The molecule has 5 heteroatoms. The zero-order valence-corrected chi connectivity index (χ0v) is 12.4. The maximum absolute atomic E-state index is 6.37. The molecule has 0 aromatic carbocycles. The van der Waals surface area contributed by atoms with Crippen molar-refractivity contribution in [3.63, 3.8) is 0 Å². The zero-order chi connectivity index (χ0) is 13.8. The minimum Gasteiger partial charge on any atom is -0.468 e. The van der Waals surface area contributed by atoms with E-state index in [-0.39, 0.29) is 6.04 Å². The lowest BCUT2D eigenvalue weighted by Crippen LogP contribution is -2.20. The molecule has 0 aliphatic carbocycles. The highest BCUT2D eigenvalue weighted by atomic mass is 35.5. The van der Waals surface area contributed by atoms with Gasteiger partial charge in [0, 0.05) is 13.1 Å². The van der Waals surface area contributed by atoms with Gasteiger partial charge >= 0.3 is 0 Å². The Morgan fingerprint density at radius 1 is 1.47 bits per heavy atom. The second-order valence-electron chi connectivity index (χ2n) is 4.49. The Kier molecular flexibility index (Phi) is 4.66. The summed E-state index contributed by atoms with van der Waals surface area (Å²) in [7, 11) is 0. The van der Waals surface area contributed by atoms with Gasteiger partial charge in [0.2, 0.25) is 0 Å². The Bertz CT molecular complexity index is 519. The molecule has 0 spiro atoms. The molecular weight excluding hydrogens is 262 g/mol. The smallest absolute Gasteiger partial charge is 0.120 e. The summed E-state index contributed by atoms with van der Waals surface area (Å²) in [5.41, 5.74) is 2.00. The van der Waals surface area contributed by atoms with Crippen molar-refractivity contribution in [2.24, 2.45) is 0 Å². The van der Waals surface area contributed by atoms with Gasteiger partial charge in [0.1, 0.15) is 5.76 Å². The largest absolute Gasteiger partial charge is 0.468 e. The van der Waals surface area contributed by atoms with Crippen LogP contribution in [0.25, 0.3) is 0 Å². The molecule has 0 aliphatic heterocycles. The number of hydrogen-bond donors (Lipinski definition) is 1. The van der Waals surface area contributed by atoms with Crippen molar-refractivity contribution >= 4 is 11.6 Å². The molecule has 0 fully saturated rings. The number of nitrogens with zero attached hydrogens (tertiary/aromatic N) is 2. The molecule has 2 aromatic rings. The van der Waals surface area contributed by atoms with Crippen LogP contribution in [0.3, 0.4) is 0 Å². The minimum absolute atomic E-state index is 0.149. The standard InChI is InChI=1S/C14H20ClN3O/c1-4-11-14(15)12(18(5-2)17-11)9-16-10(3)13-7-6-8-19-13/h6-8,10,16H,4-5,9H2,1-3H3/t10-/m1/s1. The lowest BCUT2D eigenvalue weighted by atomic mass is 10.2. The number of furan rings is 1. The van der Waals surface area contributed by atoms with Crippen molar-refractivity contribution in [3.8, 4) is 0 Å². The predicted octanol–water partition coefficient (Wildman–Crippen LogP) is 3.56. The molecule has 1 N–H and O–H groups in total. The van der Waals surface area contributed by atoms with E-state index >= 15 is 0 Å². The van der Waals surface area contributed by atoms with Gasteiger partial charge in [0.15, 0.2) is 0 Å². The molecule has 0 amide bonds. The van der Waals surface area contributed by atoms with Gasteiger partial charge in [-0.2, -0.15) is 5.10 Å². The summed E-state index contributed by atoms with van der Waals surface area (Å²) in [5.74, 6) is 0.925. The summed E-state index contributed by atoms with van der Waals surface area (Å²) in [6.07, 6.45) is 2.54. The van der Waals surface area contributed by atoms with Gasteiger partial charge < -0.3 is 9.73 Å². The molecule has 0 saturated heterocycles. The fourth-order valence-corrected chi connectivity index (χ4v) is 2.41. The van der Waals surface area contributed by atoms with E-state index in [1.807, 2.05) is 16.8 Å². The van der Waals surface area contributed by atoms with Gasteiger partial charge in [0.25, 0.3) is 0 Å². The van der Waals surface area contributed by atoms with Gasteiger partial charge in [-0.25, -0.2) is 0 Å². The van der Waals surface area contributed by atoms with E-state index in [9.17, 15) is 0 Å². The van der Waals surface area contributed by atoms with Gasteiger partial charge in [-0.15, -0.1) is 0 Å². The molecule has 1 atom stereocenters. The highest BCUT2D eigenvalue weighted by Crippen LogP contribution is 2.22. The fourth-order valence-electron chi connectivity index (χ4n) is 2.07. The predicted molar refractivity (Wildman–Crippen MR) is 76.3 cm³/mol. The molecule has 4 nitrogen and oxygen atoms in total. The van der Waals surface area contributed by atoms with Crippen LogP contribution in [-0.4, -0.2) is 9.78 Å². The van der Waals surface area contributed by atoms with E-state index in [0.717, 1.165) is 35.1 Å². The lowest BCUT2D eigenvalue weighted by Gasteiger charge is -2.12. The maximum atomic E-state index is 6.37. The number of hydrogen-bond acceptors (Lipinski definition) is 3. The van der Waals surface area contributed by atoms with Crippen molar-refractivity contribution in [1.29, 1.82) is 0 Å². The molecule has 2 rings (SSSR count). The number of halogens is 1. The summed E-state index contributed by atoms with van der Waals surface area (Å²) in [6, 6.07) is 4.01. The average molecular weight is 282 g/mol. The van der Waals surface area contributed by atoms with Crippen LogP contribution in [0.2, 0.25) is 5.02 Å². The highest BCUT2D eigenvalue weighted by Gasteiger charge is 2.15. The first-order valence-electron chi connectivity index (χ1n) is 6.68. The van der Waals surface area contributed by atoms with E-state index in [1.54, 1.807) is 6.26 Å². The van der Waals surface area contributed by atoms with E-state index < -0.39 is 0 Å². The van der Waals surface area contributed by atoms with Crippen LogP contribution in [0.5, 0.6) is 0 Å². The molecule has 2 aromatic heterocycles. The van der Waals surface area contributed by atoms with Gasteiger partial charge in [-0.3, -0.25) is 4.68 Å². The van der Waals surface area contributed by atoms with Gasteiger partial charge in [-0.1, -0.05) is 18.5 Å². The zero-order valence-electron chi connectivity index (χ0n) is 11.6. The summed E-state index contributed by atoms with van der Waals surface area (Å²) in [5, 5.41) is 8.70. The van der Waals surface area contributed by atoms with E-state index in [0.29, 0.717) is 6.54 Å². The Balaban J connectivity index is 2.08. The Hall–Kier alpha value is -1.26. The summed E-state index contributed by atoms with van der Waals surface area (Å²) < 4.78 is 7.34. The van der Waals surface area contributed by atoms with Crippen LogP contribution in [0.1, 0.15) is 44.0 Å². The van der Waals surface area contributed by atoms with Gasteiger partial charge in [-0.05, 0) is 32.4 Å². The van der Waals surface area contributed by atoms with Gasteiger partial charge in [0.05, 0.1) is 28.7 Å². The van der Waals surface area contributed by atoms with Crippen molar-refractivity contribution in [1.82, 2.24) is 15.1 Å². The molecule has 104 valence electrons. The molecule has 0 saturated carbocycles. The third-order valence-corrected chi connectivity index (χ3v) is 3.68. The van der Waals surface area contributed by atoms with Crippen LogP contribution in [-0.2, 0) is 19.5 Å². The van der Waals surface area contributed by atoms with Crippen LogP contribution in [0.15, 0.2) is 22.8 Å². The van der Waals surface area contributed by atoms with E-state index in [2.05, 4.69) is 31.2 Å². The van der Waals surface area contributed by atoms with E-state index in [4.69, 9.17) is 16.0 Å². The third-order valence-electron chi connectivity index (χ3n) is 3.24. The normalized spacial score (nSPS) is 12.8. The van der Waals surface area contributed by atoms with Crippen molar-refractivity contribution in [3.05, 3.63) is 40.6 Å². The maximum Gasteiger partial charge on any atom is 0.120 e. The highest BCUT2D eigenvalue weighted by molar-refractivity contribution is 6.31. The monoisotopic (exact) mass is 281 g/mol. The third kappa shape index (κ3) is 3.01. The molecule has 19 heavy (non-hydrogen) atoms. The second kappa shape index (κ2) is 6.26. The Morgan fingerprint density at radius 2 is 2.26 bits per heavy atom. The molecule has 0 radical (unpaired) electrons. The summed E-state index contributed by atoms with van der Waals surface area (Å²) in [4.78, 5) is 0. The fraction of sp³-hybridized carbons (Fsp3) is 0.500. The molecule has 0 aliphatic rings. The van der Waals surface area contributed by atoms with E-state index in [1.165, 1.54) is 0 Å². The van der Waals surface area contributed by atoms with Crippen molar-refractivity contribution < 1.29 is 4.42 Å². The minimum atomic E-state index is 0.149. The topological polar surface area (TPSA) is 43.0 Å². The molecule has 0 bridgehead atoms. The number of aromatic nitrogens is 2. The van der Waals surface area contributed by atoms with Crippen LogP contribution < -0.4 is 5.32 Å². The van der Waals surface area contributed by atoms with Crippen molar-refractivity contribution in [2.45, 2.75) is 46.3 Å². The van der Waals surface area contributed by atoms with Crippen LogP contribution in [0, 0.1) is 0 Å². The van der Waals surface area contributed by atoms with Crippen molar-refractivity contribution in [2.75, 3.05) is 0 Å². The summed E-state index contributed by atoms with van der Waals surface area (Å²) in [6.45, 7) is 7.71. The first-order chi connectivity index (χ1) is 9.17. The first kappa shape index (κ1) is 14.2. The quantitative estimate of drug-likeness (QED) is 0.880. The Labute approximate surface area is 118 Å². The summed E-state index contributed by atoms with van der Waals surface area (Å²) >= 11 is 6.37. The number of rotatable bonds is 6. The van der Waals surface area contributed by atoms with Crippen LogP contribution in [0.4, 0.5) is 0 Å².